The molecule has 1 spiro atoms. The summed E-state index contributed by atoms with van der Waals surface area (Å²) in [4.78, 5) is 35.4. The number of carbonyl (C=O) groups is 2. The molecule has 2 aromatic rings. The van der Waals surface area contributed by atoms with Gasteiger partial charge in [-0.1, -0.05) is 31.0 Å². The van der Waals surface area contributed by atoms with Gasteiger partial charge in [0, 0.05) is 87.5 Å². The highest BCUT2D eigenvalue weighted by Gasteiger charge is 2.50. The molecule has 6 aliphatic rings. The van der Waals surface area contributed by atoms with Gasteiger partial charge in [-0.25, -0.2) is 13.1 Å². The van der Waals surface area contributed by atoms with Crippen LogP contribution in [-0.4, -0.2) is 136 Å². The fraction of sp³-hybridized carbons (Fsp3) is 0.682. The Morgan fingerprint density at radius 2 is 1.79 bits per heavy atom. The zero-order valence-electron chi connectivity index (χ0n) is 34.5. The van der Waals surface area contributed by atoms with Crippen molar-refractivity contribution >= 4 is 39.2 Å². The molecular formula is C44H62ClN5O7S. The minimum absolute atomic E-state index is 0.0605. The first-order valence-electron chi connectivity index (χ1n) is 21.6. The summed E-state index contributed by atoms with van der Waals surface area (Å²) in [5.74, 6) is -0.0831. The van der Waals surface area contributed by atoms with E-state index in [-0.39, 0.29) is 34.7 Å². The first kappa shape index (κ1) is 41.8. The summed E-state index contributed by atoms with van der Waals surface area (Å²) < 4.78 is 41.3. The normalized spacial score (nSPS) is 33.4. The number of carbonyl (C=O) groups excluding carboxylic acids is 2. The molecule has 3 fully saturated rings. The Hall–Kier alpha value is -2.94. The van der Waals surface area contributed by atoms with E-state index in [1.54, 1.807) is 13.0 Å². The zero-order chi connectivity index (χ0) is 40.8. The molecule has 0 aromatic heterocycles. The van der Waals surface area contributed by atoms with E-state index >= 15 is 0 Å². The Bertz CT molecular complexity index is 1970. The molecule has 14 heteroatoms. The summed E-state index contributed by atoms with van der Waals surface area (Å²) in [7, 11) is -2.55. The van der Waals surface area contributed by atoms with Crippen LogP contribution >= 0.6 is 11.6 Å². The maximum atomic E-state index is 13.7. The standard InChI is InChI=1S/C44H62ClN5O7S/c1-30-6-4-16-44(53,28-48-19-21-49-20-18-47(25-36(49)26-48)17-14-41(51)56-3)38-11-8-34(38)24-50-27-43(15-5-7-32-22-35(45)10-12-37(32)43)29-57-40-13-9-33(23-39(40)50)42(52)46-58(54,55)31(30)2/h9-10,12-13,22-23,30-31,34,36,38,53H,4-8,11,14-21,24-29H2,1-3H3,(H,46,52)/t30-,31+,34-,36?,38+,43-,44-/m0/s1. The van der Waals surface area contributed by atoms with E-state index in [9.17, 15) is 23.1 Å². The summed E-state index contributed by atoms with van der Waals surface area (Å²) >= 11 is 6.51. The van der Waals surface area contributed by atoms with Gasteiger partial charge in [0.05, 0.1) is 36.7 Å². The zero-order valence-corrected chi connectivity index (χ0v) is 36.0. The first-order chi connectivity index (χ1) is 27.8. The maximum Gasteiger partial charge on any atom is 0.306 e. The van der Waals surface area contributed by atoms with Crippen molar-refractivity contribution in [2.24, 2.45) is 17.8 Å². The smallest absolute Gasteiger partial charge is 0.306 e. The van der Waals surface area contributed by atoms with E-state index in [4.69, 9.17) is 21.1 Å². The van der Waals surface area contributed by atoms with Crippen molar-refractivity contribution in [3.05, 3.63) is 58.1 Å². The second kappa shape index (κ2) is 16.8. The third-order valence-corrected chi connectivity index (χ3v) is 17.0. The largest absolute Gasteiger partial charge is 0.490 e. The van der Waals surface area contributed by atoms with E-state index in [0.717, 1.165) is 82.1 Å². The molecule has 8 rings (SSSR count). The Labute approximate surface area is 349 Å². The second-order valence-electron chi connectivity index (χ2n) is 18.4. The van der Waals surface area contributed by atoms with Gasteiger partial charge < -0.3 is 19.5 Å². The van der Waals surface area contributed by atoms with Gasteiger partial charge in [0.2, 0.25) is 10.0 Å². The molecule has 2 saturated heterocycles. The topological polar surface area (TPSA) is 132 Å². The Morgan fingerprint density at radius 3 is 2.57 bits per heavy atom. The number of aryl methyl sites for hydroxylation is 1. The molecule has 2 bridgehead atoms. The van der Waals surface area contributed by atoms with E-state index in [1.165, 1.54) is 18.2 Å². The number of hydrogen-bond acceptors (Lipinski definition) is 11. The van der Waals surface area contributed by atoms with Gasteiger partial charge in [-0.05, 0) is 111 Å². The number of anilines is 1. The summed E-state index contributed by atoms with van der Waals surface area (Å²) in [6, 6.07) is 11.8. The lowest BCUT2D eigenvalue weighted by atomic mass is 9.62. The van der Waals surface area contributed by atoms with Crippen molar-refractivity contribution in [2.75, 3.05) is 84.1 Å². The molecule has 1 saturated carbocycles. The van der Waals surface area contributed by atoms with Crippen molar-refractivity contribution in [3.8, 4) is 5.75 Å². The van der Waals surface area contributed by atoms with Crippen LogP contribution in [0, 0.1) is 17.8 Å². The molecule has 1 amide bonds. The summed E-state index contributed by atoms with van der Waals surface area (Å²) in [5.41, 5.74) is 2.29. The SMILES string of the molecule is COC(=O)CCN1CCN2CCN(C[C@@]3(O)CCC[C@H](C)[C@@H](C)S(=O)(=O)NC(=O)c4ccc5c(c4)N(C[C@@H]4CC[C@H]43)C[C@@]3(CCCc4cc(Cl)ccc43)CO5)CC2C1. The number of amides is 1. The molecule has 0 radical (unpaired) electrons. The monoisotopic (exact) mass is 839 g/mol. The predicted molar refractivity (Wildman–Crippen MR) is 225 cm³/mol. The number of fused-ring (bicyclic) bond motifs is 5. The van der Waals surface area contributed by atoms with Gasteiger partial charge in [0.1, 0.15) is 5.75 Å². The van der Waals surface area contributed by atoms with Gasteiger partial charge in [-0.3, -0.25) is 24.3 Å². The number of aliphatic hydroxyl groups is 1. The second-order valence-corrected chi connectivity index (χ2v) is 20.9. The third-order valence-electron chi connectivity index (χ3n) is 14.9. The lowest BCUT2D eigenvalue weighted by molar-refractivity contribution is -0.141. The van der Waals surface area contributed by atoms with Crippen molar-refractivity contribution in [1.29, 1.82) is 0 Å². The summed E-state index contributed by atoms with van der Waals surface area (Å²) in [6.07, 6.45) is 7.10. The van der Waals surface area contributed by atoms with Crippen molar-refractivity contribution in [2.45, 2.75) is 93.9 Å². The number of nitrogens with one attached hydrogen (secondary N) is 1. The number of methoxy groups -OCH3 is 1. The Balaban J connectivity index is 1.10. The van der Waals surface area contributed by atoms with E-state index < -0.39 is 26.8 Å². The summed E-state index contributed by atoms with van der Waals surface area (Å²) in [6.45, 7) is 12.2. The number of hydrogen-bond donors (Lipinski definition) is 2. The lowest BCUT2D eigenvalue weighted by Crippen LogP contribution is -2.64. The number of benzene rings is 2. The molecular weight excluding hydrogens is 778 g/mol. The highest BCUT2D eigenvalue weighted by molar-refractivity contribution is 7.90. The molecule has 2 aliphatic carbocycles. The van der Waals surface area contributed by atoms with Gasteiger partial charge in [-0.15, -0.1) is 0 Å². The lowest BCUT2D eigenvalue weighted by Gasteiger charge is -2.53. The predicted octanol–water partition coefficient (Wildman–Crippen LogP) is 4.70. The Morgan fingerprint density at radius 1 is 1.00 bits per heavy atom. The molecule has 4 heterocycles. The van der Waals surface area contributed by atoms with E-state index in [0.29, 0.717) is 70.3 Å². The van der Waals surface area contributed by atoms with Gasteiger partial charge in [0.25, 0.3) is 5.91 Å². The van der Waals surface area contributed by atoms with Crippen LogP contribution in [0.1, 0.15) is 86.7 Å². The average Bonchev–Trinajstić information content (AvgIpc) is 3.33. The van der Waals surface area contributed by atoms with Gasteiger partial charge >= 0.3 is 5.97 Å². The minimum atomic E-state index is -3.98. The number of ether oxygens (including phenoxy) is 2. The molecule has 2 aromatic carbocycles. The van der Waals surface area contributed by atoms with Crippen LogP contribution < -0.4 is 14.4 Å². The van der Waals surface area contributed by atoms with Crippen molar-refractivity contribution < 1.29 is 32.6 Å². The summed E-state index contributed by atoms with van der Waals surface area (Å²) in [5, 5.41) is 13.0. The molecule has 58 heavy (non-hydrogen) atoms. The number of sulfonamides is 1. The molecule has 12 nitrogen and oxygen atoms in total. The number of piperazine rings is 2. The highest BCUT2D eigenvalue weighted by Crippen LogP contribution is 2.49. The van der Waals surface area contributed by atoms with E-state index in [2.05, 4.69) is 36.5 Å². The van der Waals surface area contributed by atoms with Crippen LogP contribution in [0.5, 0.6) is 5.75 Å². The van der Waals surface area contributed by atoms with Crippen LogP contribution in [-0.2, 0) is 31.4 Å². The van der Waals surface area contributed by atoms with Gasteiger partial charge in [-0.2, -0.15) is 0 Å². The van der Waals surface area contributed by atoms with Crippen molar-refractivity contribution in [3.63, 3.8) is 0 Å². The number of β-amino-alcohol motifs (C(OH)–C–C–N with tert-alkyl or cyclic N) is 1. The van der Waals surface area contributed by atoms with Crippen LogP contribution in [0.3, 0.4) is 0 Å². The maximum absolute atomic E-state index is 13.7. The third kappa shape index (κ3) is 8.50. The molecule has 2 N–H and O–H groups in total. The number of nitrogens with zero attached hydrogens (tertiary/aromatic N) is 4. The van der Waals surface area contributed by atoms with Crippen LogP contribution in [0.4, 0.5) is 5.69 Å². The van der Waals surface area contributed by atoms with Gasteiger partial charge in [0.15, 0.2) is 0 Å². The average molecular weight is 841 g/mol. The number of rotatable bonds is 5. The molecule has 318 valence electrons. The first-order valence-corrected chi connectivity index (χ1v) is 23.5. The fourth-order valence-corrected chi connectivity index (χ4v) is 12.6. The van der Waals surface area contributed by atoms with Crippen LogP contribution in [0.25, 0.3) is 0 Å². The molecule has 7 atom stereocenters. The van der Waals surface area contributed by atoms with Crippen molar-refractivity contribution in [1.82, 2.24) is 19.4 Å². The minimum Gasteiger partial charge on any atom is -0.490 e. The van der Waals surface area contributed by atoms with E-state index in [1.807, 2.05) is 25.1 Å². The highest BCUT2D eigenvalue weighted by atomic mass is 35.5. The quantitative estimate of drug-likeness (QED) is 0.407. The fourth-order valence-electron chi connectivity index (χ4n) is 11.1. The van der Waals surface area contributed by atoms with Crippen LogP contribution in [0.15, 0.2) is 36.4 Å². The Kier molecular flexibility index (Phi) is 12.1. The molecule has 1 unspecified atom stereocenters. The number of halogens is 1. The molecule has 4 aliphatic heterocycles. The van der Waals surface area contributed by atoms with Crippen LogP contribution in [0.2, 0.25) is 5.02 Å². The number of esters is 1.